The number of halogens is 1. The van der Waals surface area contributed by atoms with Crippen LogP contribution in [0.25, 0.3) is 0 Å². The summed E-state index contributed by atoms with van der Waals surface area (Å²) in [5.41, 5.74) is 0.345. The highest BCUT2D eigenvalue weighted by Crippen LogP contribution is 2.41. The number of anilines is 1. The van der Waals surface area contributed by atoms with Gasteiger partial charge in [0.25, 0.3) is 0 Å². The van der Waals surface area contributed by atoms with Gasteiger partial charge in [0.1, 0.15) is 5.82 Å². The van der Waals surface area contributed by atoms with Crippen LogP contribution in [-0.2, 0) is 0 Å². The lowest BCUT2D eigenvalue weighted by Crippen LogP contribution is -2.48. The van der Waals surface area contributed by atoms with Gasteiger partial charge in [-0.15, -0.1) is 0 Å². The highest BCUT2D eigenvalue weighted by atomic mass is 79.9. The van der Waals surface area contributed by atoms with Crippen molar-refractivity contribution in [3.05, 3.63) is 22.8 Å². The molecule has 5 nitrogen and oxygen atoms in total. The van der Waals surface area contributed by atoms with Crippen LogP contribution < -0.4 is 4.90 Å². The summed E-state index contributed by atoms with van der Waals surface area (Å²) in [5, 5.41) is 9.04. The Bertz CT molecular complexity index is 502. The summed E-state index contributed by atoms with van der Waals surface area (Å²) in [5.74, 6) is 1.04. The molecule has 21 heavy (non-hydrogen) atoms. The number of carboxylic acid groups (broad SMARTS) is 1. The third kappa shape index (κ3) is 3.15. The van der Waals surface area contributed by atoms with Gasteiger partial charge < -0.3 is 14.9 Å². The van der Waals surface area contributed by atoms with Crippen LogP contribution in [0.4, 0.5) is 10.6 Å². The quantitative estimate of drug-likeness (QED) is 0.842. The molecule has 0 bridgehead atoms. The van der Waals surface area contributed by atoms with E-state index in [-0.39, 0.29) is 0 Å². The summed E-state index contributed by atoms with van der Waals surface area (Å²) in [6, 6.07) is 4.08. The van der Waals surface area contributed by atoms with Crippen molar-refractivity contribution in [1.29, 1.82) is 0 Å². The van der Waals surface area contributed by atoms with E-state index in [1.54, 1.807) is 4.90 Å². The van der Waals surface area contributed by atoms with Crippen molar-refractivity contribution in [1.82, 2.24) is 9.88 Å². The zero-order valence-electron chi connectivity index (χ0n) is 12.0. The van der Waals surface area contributed by atoms with Crippen molar-refractivity contribution in [3.63, 3.8) is 0 Å². The van der Waals surface area contributed by atoms with Crippen LogP contribution in [0, 0.1) is 5.41 Å². The predicted octanol–water partition coefficient (Wildman–Crippen LogP) is 3.20. The topological polar surface area (TPSA) is 56.7 Å². The molecule has 0 aromatic carbocycles. The van der Waals surface area contributed by atoms with Crippen molar-refractivity contribution in [2.45, 2.75) is 25.7 Å². The average molecular weight is 354 g/mol. The maximum atomic E-state index is 11.0. The lowest BCUT2D eigenvalue weighted by atomic mass is 9.71. The Balaban J connectivity index is 1.58. The van der Waals surface area contributed by atoms with Crippen LogP contribution in [0.2, 0.25) is 0 Å². The molecule has 1 amide bonds. The molecule has 0 unspecified atom stereocenters. The zero-order chi connectivity index (χ0) is 14.9. The van der Waals surface area contributed by atoms with E-state index in [0.717, 1.165) is 49.1 Å². The van der Waals surface area contributed by atoms with E-state index in [2.05, 4.69) is 31.9 Å². The van der Waals surface area contributed by atoms with Gasteiger partial charge in [-0.05, 0) is 59.2 Å². The molecule has 1 aromatic rings. The number of hydrogen-bond acceptors (Lipinski definition) is 3. The summed E-state index contributed by atoms with van der Waals surface area (Å²) in [6.07, 6.45) is 5.34. The molecular formula is C15H20BrN3O2. The Morgan fingerprint density at radius 3 is 2.29 bits per heavy atom. The summed E-state index contributed by atoms with van der Waals surface area (Å²) in [7, 11) is 0. The average Bonchev–Trinajstić information content (AvgIpc) is 2.50. The summed E-state index contributed by atoms with van der Waals surface area (Å²) in [4.78, 5) is 19.3. The number of likely N-dealkylation sites (tertiary alicyclic amines) is 1. The number of pyridine rings is 1. The van der Waals surface area contributed by atoms with E-state index in [1.165, 1.54) is 0 Å². The highest BCUT2D eigenvalue weighted by molar-refractivity contribution is 9.10. The van der Waals surface area contributed by atoms with Crippen LogP contribution >= 0.6 is 15.9 Å². The molecule has 114 valence electrons. The normalized spacial score (nSPS) is 21.6. The van der Waals surface area contributed by atoms with Gasteiger partial charge in [-0.3, -0.25) is 0 Å². The minimum Gasteiger partial charge on any atom is -0.465 e. The Morgan fingerprint density at radius 2 is 1.76 bits per heavy atom. The Hall–Kier alpha value is -1.30. The Kier molecular flexibility index (Phi) is 4.06. The molecule has 3 heterocycles. The number of carbonyl (C=O) groups is 1. The minimum absolute atomic E-state index is 0.345. The van der Waals surface area contributed by atoms with Crippen molar-refractivity contribution < 1.29 is 9.90 Å². The smallest absolute Gasteiger partial charge is 0.407 e. The van der Waals surface area contributed by atoms with E-state index in [9.17, 15) is 4.79 Å². The maximum absolute atomic E-state index is 11.0. The third-order valence-corrected chi connectivity index (χ3v) is 5.42. The van der Waals surface area contributed by atoms with Crippen LogP contribution in [0.1, 0.15) is 25.7 Å². The van der Waals surface area contributed by atoms with Crippen molar-refractivity contribution in [2.24, 2.45) is 5.41 Å². The standard InChI is InChI=1S/C15H20BrN3O2/c16-12-1-2-13(17-11-12)18-7-3-15(4-8-18)5-9-19(10-6-15)14(20)21/h1-2,11H,3-10H2,(H,20,21). The molecule has 1 spiro atoms. The zero-order valence-corrected chi connectivity index (χ0v) is 13.5. The summed E-state index contributed by atoms with van der Waals surface area (Å²) < 4.78 is 1.00. The van der Waals surface area contributed by atoms with Gasteiger partial charge in [-0.1, -0.05) is 0 Å². The van der Waals surface area contributed by atoms with E-state index in [4.69, 9.17) is 5.11 Å². The van der Waals surface area contributed by atoms with Gasteiger partial charge in [0.15, 0.2) is 0 Å². The number of hydrogen-bond donors (Lipinski definition) is 1. The highest BCUT2D eigenvalue weighted by Gasteiger charge is 2.38. The second-order valence-corrected chi connectivity index (χ2v) is 7.01. The second-order valence-electron chi connectivity index (χ2n) is 6.09. The number of nitrogens with zero attached hydrogens (tertiary/aromatic N) is 3. The fourth-order valence-corrected chi connectivity index (χ4v) is 3.67. The van der Waals surface area contributed by atoms with Crippen LogP contribution in [0.3, 0.4) is 0 Å². The SMILES string of the molecule is O=C(O)N1CCC2(CC1)CCN(c1ccc(Br)cn1)CC2. The monoisotopic (exact) mass is 353 g/mol. The summed E-state index contributed by atoms with van der Waals surface area (Å²) >= 11 is 3.41. The Labute approximate surface area is 133 Å². The summed E-state index contributed by atoms with van der Waals surface area (Å²) in [6.45, 7) is 3.40. The van der Waals surface area contributed by atoms with Gasteiger partial charge in [0.05, 0.1) is 0 Å². The van der Waals surface area contributed by atoms with Crippen LogP contribution in [0.15, 0.2) is 22.8 Å². The Morgan fingerprint density at radius 1 is 1.14 bits per heavy atom. The molecule has 6 heteroatoms. The first-order valence-corrected chi connectivity index (χ1v) is 8.22. The van der Waals surface area contributed by atoms with E-state index >= 15 is 0 Å². The largest absolute Gasteiger partial charge is 0.465 e. The van der Waals surface area contributed by atoms with Gasteiger partial charge in [-0.25, -0.2) is 9.78 Å². The van der Waals surface area contributed by atoms with E-state index < -0.39 is 6.09 Å². The lowest BCUT2D eigenvalue weighted by Gasteiger charge is -2.46. The maximum Gasteiger partial charge on any atom is 0.407 e. The second kappa shape index (κ2) is 5.83. The molecule has 2 aliphatic rings. The molecule has 2 saturated heterocycles. The fourth-order valence-electron chi connectivity index (χ4n) is 3.44. The fraction of sp³-hybridized carbons (Fsp3) is 0.600. The first kappa shape index (κ1) is 14.6. The van der Waals surface area contributed by atoms with Crippen molar-refractivity contribution in [3.8, 4) is 0 Å². The number of piperidine rings is 2. The van der Waals surface area contributed by atoms with Gasteiger partial charge in [0.2, 0.25) is 0 Å². The van der Waals surface area contributed by atoms with Crippen LogP contribution in [0.5, 0.6) is 0 Å². The molecule has 0 atom stereocenters. The molecule has 0 radical (unpaired) electrons. The molecule has 2 aliphatic heterocycles. The molecule has 2 fully saturated rings. The molecule has 3 rings (SSSR count). The van der Waals surface area contributed by atoms with E-state index in [1.807, 2.05) is 12.3 Å². The molecule has 0 aliphatic carbocycles. The van der Waals surface area contributed by atoms with Gasteiger partial charge in [0, 0.05) is 36.8 Å². The number of rotatable bonds is 1. The number of amides is 1. The molecule has 1 N–H and O–H groups in total. The molecule has 1 aromatic heterocycles. The minimum atomic E-state index is -0.777. The van der Waals surface area contributed by atoms with Gasteiger partial charge in [-0.2, -0.15) is 0 Å². The lowest BCUT2D eigenvalue weighted by molar-refractivity contribution is 0.0735. The number of aromatic nitrogens is 1. The van der Waals surface area contributed by atoms with Crippen LogP contribution in [-0.4, -0.2) is 47.3 Å². The predicted molar refractivity (Wildman–Crippen MR) is 84.6 cm³/mol. The third-order valence-electron chi connectivity index (χ3n) is 4.95. The van der Waals surface area contributed by atoms with Gasteiger partial charge >= 0.3 is 6.09 Å². The molecule has 0 saturated carbocycles. The van der Waals surface area contributed by atoms with Crippen molar-refractivity contribution >= 4 is 27.8 Å². The first-order valence-electron chi connectivity index (χ1n) is 7.42. The van der Waals surface area contributed by atoms with Crippen molar-refractivity contribution in [2.75, 3.05) is 31.1 Å². The van der Waals surface area contributed by atoms with E-state index in [0.29, 0.717) is 18.5 Å². The molecular weight excluding hydrogens is 334 g/mol. The first-order chi connectivity index (χ1) is 10.1.